The van der Waals surface area contributed by atoms with Crippen molar-refractivity contribution in [3.63, 3.8) is 0 Å². The number of rotatable bonds is 4. The largest absolute Gasteiger partial charge is 0.468 e. The van der Waals surface area contributed by atoms with Crippen LogP contribution in [0, 0.1) is 0 Å². The normalized spacial score (nSPS) is 27.9. The van der Waals surface area contributed by atoms with Crippen LogP contribution in [0.25, 0.3) is 0 Å². The average Bonchev–Trinajstić information content (AvgIpc) is 2.55. The Morgan fingerprint density at radius 1 is 1.64 bits per heavy atom. The summed E-state index contributed by atoms with van der Waals surface area (Å²) < 4.78 is 4.70. The number of nitrogens with zero attached hydrogens (tertiary/aromatic N) is 1. The summed E-state index contributed by atoms with van der Waals surface area (Å²) in [6.07, 6.45) is 2.29. The molecule has 0 aliphatic carbocycles. The van der Waals surface area contributed by atoms with Crippen molar-refractivity contribution in [1.82, 2.24) is 4.90 Å². The zero-order valence-electron chi connectivity index (χ0n) is 8.90. The van der Waals surface area contributed by atoms with Crippen LogP contribution in [-0.2, 0) is 9.53 Å². The second-order valence-electron chi connectivity index (χ2n) is 3.78. The predicted octanol–water partition coefficient (Wildman–Crippen LogP) is 0.395. The Morgan fingerprint density at radius 2 is 2.36 bits per heavy atom. The summed E-state index contributed by atoms with van der Waals surface area (Å²) >= 11 is 0. The van der Waals surface area contributed by atoms with Crippen LogP contribution < -0.4 is 0 Å². The van der Waals surface area contributed by atoms with E-state index in [0.29, 0.717) is 13.0 Å². The Bertz CT molecular complexity index is 196. The quantitative estimate of drug-likeness (QED) is 0.669. The van der Waals surface area contributed by atoms with Gasteiger partial charge in [0.15, 0.2) is 0 Å². The van der Waals surface area contributed by atoms with Gasteiger partial charge in [-0.15, -0.1) is 0 Å². The van der Waals surface area contributed by atoms with E-state index >= 15 is 0 Å². The molecule has 4 heteroatoms. The molecule has 2 atom stereocenters. The highest BCUT2D eigenvalue weighted by atomic mass is 16.5. The molecule has 1 N–H and O–H groups in total. The zero-order chi connectivity index (χ0) is 10.6. The number of ether oxygens (including phenoxy) is 1. The third-order valence-corrected chi connectivity index (χ3v) is 2.65. The minimum absolute atomic E-state index is 0.224. The van der Waals surface area contributed by atoms with Crippen molar-refractivity contribution in [2.24, 2.45) is 0 Å². The molecule has 1 saturated heterocycles. The molecule has 0 unspecified atom stereocenters. The molecule has 1 aliphatic rings. The molecule has 1 aliphatic heterocycles. The van der Waals surface area contributed by atoms with Gasteiger partial charge in [0.05, 0.1) is 13.2 Å². The van der Waals surface area contributed by atoms with Crippen LogP contribution >= 0.6 is 0 Å². The molecule has 0 saturated carbocycles. The summed E-state index contributed by atoms with van der Waals surface area (Å²) in [5.41, 5.74) is 0. The molecule has 0 aromatic rings. The number of methoxy groups -OCH3 is 1. The second-order valence-corrected chi connectivity index (χ2v) is 3.78. The minimum atomic E-state index is -0.379. The molecule has 1 fully saturated rings. The lowest BCUT2D eigenvalue weighted by molar-refractivity contribution is -0.145. The van der Waals surface area contributed by atoms with Crippen LogP contribution in [0.3, 0.4) is 0 Å². The lowest BCUT2D eigenvalue weighted by Crippen LogP contribution is -2.37. The highest BCUT2D eigenvalue weighted by Gasteiger charge is 2.35. The molecule has 0 amide bonds. The smallest absolute Gasteiger partial charge is 0.323 e. The molecule has 0 radical (unpaired) electrons. The molecule has 4 nitrogen and oxygen atoms in total. The molecule has 0 spiro atoms. The maximum absolute atomic E-state index is 11.4. The fraction of sp³-hybridized carbons (Fsp3) is 0.900. The van der Waals surface area contributed by atoms with Crippen LogP contribution in [0.4, 0.5) is 0 Å². The Balaban J connectivity index is 2.49. The van der Waals surface area contributed by atoms with Gasteiger partial charge in [0.25, 0.3) is 0 Å². The van der Waals surface area contributed by atoms with E-state index in [1.807, 2.05) is 4.90 Å². The third-order valence-electron chi connectivity index (χ3n) is 2.65. The Hall–Kier alpha value is -0.610. The maximum atomic E-state index is 11.4. The highest BCUT2D eigenvalue weighted by Crippen LogP contribution is 2.19. The Labute approximate surface area is 84.8 Å². The van der Waals surface area contributed by atoms with Gasteiger partial charge < -0.3 is 9.84 Å². The van der Waals surface area contributed by atoms with Crippen molar-refractivity contribution in [3.8, 4) is 0 Å². The Morgan fingerprint density at radius 3 is 2.93 bits per heavy atom. The van der Waals surface area contributed by atoms with Crippen molar-refractivity contribution in [2.45, 2.75) is 38.3 Å². The van der Waals surface area contributed by atoms with Crippen molar-refractivity contribution >= 4 is 5.97 Å². The Kier molecular flexibility index (Phi) is 4.35. The van der Waals surface area contributed by atoms with Gasteiger partial charge in [-0.25, -0.2) is 0 Å². The van der Waals surface area contributed by atoms with E-state index < -0.39 is 0 Å². The van der Waals surface area contributed by atoms with Gasteiger partial charge in [-0.2, -0.15) is 0 Å². The average molecular weight is 201 g/mol. The van der Waals surface area contributed by atoms with Gasteiger partial charge in [-0.3, -0.25) is 9.69 Å². The van der Waals surface area contributed by atoms with E-state index in [-0.39, 0.29) is 18.1 Å². The SMILES string of the molecule is CCCCN1C[C@H](O)C[C@H]1C(=O)OC. The topological polar surface area (TPSA) is 49.8 Å². The molecule has 82 valence electrons. The summed E-state index contributed by atoms with van der Waals surface area (Å²) in [5.74, 6) is -0.224. The number of esters is 1. The van der Waals surface area contributed by atoms with Gasteiger partial charge in [-0.05, 0) is 13.0 Å². The summed E-state index contributed by atoms with van der Waals surface area (Å²) in [4.78, 5) is 13.4. The fourth-order valence-electron chi connectivity index (χ4n) is 1.87. The van der Waals surface area contributed by atoms with Crippen LogP contribution in [0.1, 0.15) is 26.2 Å². The number of aliphatic hydroxyl groups excluding tert-OH is 1. The molecule has 1 heterocycles. The number of carbonyl (C=O) groups excluding carboxylic acids is 1. The number of carbonyl (C=O) groups is 1. The minimum Gasteiger partial charge on any atom is -0.468 e. The van der Waals surface area contributed by atoms with E-state index in [2.05, 4.69) is 6.92 Å². The summed E-state index contributed by atoms with van der Waals surface area (Å²) in [6.45, 7) is 3.58. The summed E-state index contributed by atoms with van der Waals surface area (Å²) in [6, 6.07) is -0.235. The number of aliphatic hydroxyl groups is 1. The van der Waals surface area contributed by atoms with E-state index in [1.165, 1.54) is 7.11 Å². The molecule has 0 aromatic carbocycles. The van der Waals surface area contributed by atoms with Crippen LogP contribution in [0.2, 0.25) is 0 Å². The van der Waals surface area contributed by atoms with Gasteiger partial charge >= 0.3 is 5.97 Å². The van der Waals surface area contributed by atoms with Gasteiger partial charge in [0.2, 0.25) is 0 Å². The number of likely N-dealkylation sites (tertiary alicyclic amines) is 1. The van der Waals surface area contributed by atoms with Gasteiger partial charge in [-0.1, -0.05) is 13.3 Å². The fourth-order valence-corrected chi connectivity index (χ4v) is 1.87. The van der Waals surface area contributed by atoms with Gasteiger partial charge in [0.1, 0.15) is 6.04 Å². The first-order valence-electron chi connectivity index (χ1n) is 5.19. The van der Waals surface area contributed by atoms with Crippen molar-refractivity contribution < 1.29 is 14.6 Å². The summed E-state index contributed by atoms with van der Waals surface area (Å²) in [7, 11) is 1.39. The molecule has 14 heavy (non-hydrogen) atoms. The standard InChI is InChI=1S/C10H19NO3/c1-3-4-5-11-7-8(12)6-9(11)10(13)14-2/h8-9,12H,3-7H2,1-2H3/t8-,9+/m1/s1. The molecule has 0 aromatic heterocycles. The first-order valence-corrected chi connectivity index (χ1v) is 5.19. The maximum Gasteiger partial charge on any atom is 0.323 e. The van der Waals surface area contributed by atoms with Crippen molar-refractivity contribution in [2.75, 3.05) is 20.2 Å². The monoisotopic (exact) mass is 201 g/mol. The van der Waals surface area contributed by atoms with E-state index in [1.54, 1.807) is 0 Å². The first kappa shape index (κ1) is 11.5. The lowest BCUT2D eigenvalue weighted by Gasteiger charge is -2.21. The van der Waals surface area contributed by atoms with E-state index in [9.17, 15) is 9.90 Å². The number of hydrogen-bond donors (Lipinski definition) is 1. The second kappa shape index (κ2) is 5.32. The zero-order valence-corrected chi connectivity index (χ0v) is 8.90. The highest BCUT2D eigenvalue weighted by molar-refractivity contribution is 5.76. The number of β-amino-alcohol motifs (C(OH)–C–C–N with tert-alkyl or cyclic N) is 1. The molecular weight excluding hydrogens is 182 g/mol. The lowest BCUT2D eigenvalue weighted by atomic mass is 10.2. The van der Waals surface area contributed by atoms with Gasteiger partial charge in [0, 0.05) is 13.0 Å². The predicted molar refractivity (Wildman–Crippen MR) is 52.9 cm³/mol. The van der Waals surface area contributed by atoms with E-state index in [4.69, 9.17) is 4.74 Å². The van der Waals surface area contributed by atoms with Crippen molar-refractivity contribution in [3.05, 3.63) is 0 Å². The summed E-state index contributed by atoms with van der Waals surface area (Å²) in [5, 5.41) is 9.46. The number of hydrogen-bond acceptors (Lipinski definition) is 4. The molecular formula is C10H19NO3. The van der Waals surface area contributed by atoms with Crippen molar-refractivity contribution in [1.29, 1.82) is 0 Å². The van der Waals surface area contributed by atoms with Crippen LogP contribution in [0.5, 0.6) is 0 Å². The molecule has 1 rings (SSSR count). The third kappa shape index (κ3) is 2.69. The van der Waals surface area contributed by atoms with Crippen LogP contribution in [-0.4, -0.2) is 48.3 Å². The first-order chi connectivity index (χ1) is 6.69. The molecule has 0 bridgehead atoms. The van der Waals surface area contributed by atoms with Crippen LogP contribution in [0.15, 0.2) is 0 Å². The van der Waals surface area contributed by atoms with E-state index in [0.717, 1.165) is 19.4 Å². The number of unbranched alkanes of at least 4 members (excludes halogenated alkanes) is 1.